The second-order valence-corrected chi connectivity index (χ2v) is 8.02. The standard InChI is InChI=1S/C23H23ClN6O2/c1-16(2)18-5-9-20(10-6-18)32-15-29-12-11-21(27-29)22(31)26-23-25-14-30(28-23)13-17-3-7-19(24)8-4-17/h3-12,14,16H,13,15H2,1-2H3,(H,26,28,31). The van der Waals surface area contributed by atoms with E-state index in [0.717, 1.165) is 11.3 Å². The molecule has 0 saturated heterocycles. The molecule has 0 atom stereocenters. The molecule has 0 bridgehead atoms. The molecule has 164 valence electrons. The Morgan fingerprint density at radius 2 is 1.78 bits per heavy atom. The number of rotatable bonds is 8. The van der Waals surface area contributed by atoms with E-state index in [-0.39, 0.29) is 18.4 Å². The molecular formula is C23H23ClN6O2. The predicted molar refractivity (Wildman–Crippen MR) is 122 cm³/mol. The lowest BCUT2D eigenvalue weighted by Gasteiger charge is -2.09. The van der Waals surface area contributed by atoms with Crippen molar-refractivity contribution in [3.05, 3.63) is 89.0 Å². The van der Waals surface area contributed by atoms with Gasteiger partial charge in [-0.3, -0.25) is 10.1 Å². The fourth-order valence-electron chi connectivity index (χ4n) is 3.01. The van der Waals surface area contributed by atoms with Crippen molar-refractivity contribution in [2.24, 2.45) is 0 Å². The average Bonchev–Trinajstić information content (AvgIpc) is 3.44. The molecule has 0 radical (unpaired) electrons. The van der Waals surface area contributed by atoms with Crippen molar-refractivity contribution in [1.82, 2.24) is 24.5 Å². The van der Waals surface area contributed by atoms with E-state index in [1.54, 1.807) is 28.0 Å². The molecule has 2 heterocycles. The molecule has 0 aliphatic carbocycles. The van der Waals surface area contributed by atoms with Crippen LogP contribution in [0.4, 0.5) is 5.95 Å². The van der Waals surface area contributed by atoms with Crippen molar-refractivity contribution in [2.45, 2.75) is 33.0 Å². The monoisotopic (exact) mass is 450 g/mol. The fourth-order valence-corrected chi connectivity index (χ4v) is 3.14. The Morgan fingerprint density at radius 1 is 1.03 bits per heavy atom. The molecule has 2 aromatic heterocycles. The highest BCUT2D eigenvalue weighted by molar-refractivity contribution is 6.30. The van der Waals surface area contributed by atoms with Gasteiger partial charge in [0, 0.05) is 11.2 Å². The number of carbonyl (C=O) groups is 1. The molecule has 0 fully saturated rings. The Labute approximate surface area is 190 Å². The Balaban J connectivity index is 1.31. The Kier molecular flexibility index (Phi) is 6.51. The van der Waals surface area contributed by atoms with E-state index in [4.69, 9.17) is 16.3 Å². The number of benzene rings is 2. The number of halogens is 1. The van der Waals surface area contributed by atoms with Gasteiger partial charge < -0.3 is 4.74 Å². The van der Waals surface area contributed by atoms with Crippen LogP contribution in [0.5, 0.6) is 5.75 Å². The first-order valence-corrected chi connectivity index (χ1v) is 10.6. The third-order valence-electron chi connectivity index (χ3n) is 4.80. The zero-order valence-electron chi connectivity index (χ0n) is 17.8. The third-order valence-corrected chi connectivity index (χ3v) is 5.06. The smallest absolute Gasteiger partial charge is 0.278 e. The minimum atomic E-state index is -0.394. The number of hydrogen-bond acceptors (Lipinski definition) is 5. The highest BCUT2D eigenvalue weighted by Gasteiger charge is 2.13. The number of aromatic nitrogens is 5. The summed E-state index contributed by atoms with van der Waals surface area (Å²) >= 11 is 5.91. The lowest BCUT2D eigenvalue weighted by Crippen LogP contribution is -2.15. The van der Waals surface area contributed by atoms with Crippen LogP contribution in [0.3, 0.4) is 0 Å². The van der Waals surface area contributed by atoms with E-state index in [2.05, 4.69) is 34.3 Å². The molecule has 4 rings (SSSR count). The minimum Gasteiger partial charge on any atom is -0.471 e. The first kappa shape index (κ1) is 21.6. The molecule has 4 aromatic rings. The quantitative estimate of drug-likeness (QED) is 0.424. The number of hydrogen-bond donors (Lipinski definition) is 1. The maximum Gasteiger partial charge on any atom is 0.278 e. The highest BCUT2D eigenvalue weighted by atomic mass is 35.5. The largest absolute Gasteiger partial charge is 0.471 e. The summed E-state index contributed by atoms with van der Waals surface area (Å²) in [4.78, 5) is 16.6. The third kappa shape index (κ3) is 5.53. The summed E-state index contributed by atoms with van der Waals surface area (Å²) in [7, 11) is 0. The lowest BCUT2D eigenvalue weighted by atomic mass is 10.0. The number of nitrogens with one attached hydrogen (secondary N) is 1. The second-order valence-electron chi connectivity index (χ2n) is 7.58. The molecule has 0 aliphatic heterocycles. The zero-order chi connectivity index (χ0) is 22.5. The summed E-state index contributed by atoms with van der Waals surface area (Å²) in [6, 6.07) is 17.0. The second kappa shape index (κ2) is 9.65. The van der Waals surface area contributed by atoms with Gasteiger partial charge in [0.1, 0.15) is 12.1 Å². The summed E-state index contributed by atoms with van der Waals surface area (Å²) in [6.07, 6.45) is 3.24. The van der Waals surface area contributed by atoms with Crippen LogP contribution in [0.25, 0.3) is 0 Å². The van der Waals surface area contributed by atoms with Crippen LogP contribution in [0, 0.1) is 0 Å². The van der Waals surface area contributed by atoms with Crippen LogP contribution in [-0.4, -0.2) is 30.5 Å². The number of amides is 1. The predicted octanol–water partition coefficient (Wildman–Crippen LogP) is 4.59. The zero-order valence-corrected chi connectivity index (χ0v) is 18.5. The van der Waals surface area contributed by atoms with Crippen molar-refractivity contribution in [2.75, 3.05) is 5.32 Å². The van der Waals surface area contributed by atoms with Crippen molar-refractivity contribution in [1.29, 1.82) is 0 Å². The topological polar surface area (TPSA) is 86.9 Å². The van der Waals surface area contributed by atoms with Gasteiger partial charge in [-0.05, 0) is 47.4 Å². The fraction of sp³-hybridized carbons (Fsp3) is 0.217. The Bertz CT molecular complexity index is 1180. The maximum atomic E-state index is 12.5. The molecule has 1 amide bonds. The van der Waals surface area contributed by atoms with E-state index in [0.29, 0.717) is 17.5 Å². The SMILES string of the molecule is CC(C)c1ccc(OCn2ccc(C(=O)Nc3ncn(Cc4ccc(Cl)cc4)n3)n2)cc1. The Morgan fingerprint density at radius 3 is 2.50 bits per heavy atom. The molecule has 32 heavy (non-hydrogen) atoms. The van der Waals surface area contributed by atoms with Crippen LogP contribution in [0.2, 0.25) is 5.02 Å². The molecule has 0 aliphatic rings. The maximum absolute atomic E-state index is 12.5. The van der Waals surface area contributed by atoms with Gasteiger partial charge >= 0.3 is 0 Å². The van der Waals surface area contributed by atoms with Gasteiger partial charge in [-0.15, -0.1) is 5.10 Å². The number of ether oxygens (including phenoxy) is 1. The van der Waals surface area contributed by atoms with Gasteiger partial charge in [0.05, 0.1) is 6.54 Å². The summed E-state index contributed by atoms with van der Waals surface area (Å²) in [5.41, 5.74) is 2.52. The molecule has 9 heteroatoms. The molecule has 1 N–H and O–H groups in total. The van der Waals surface area contributed by atoms with Crippen LogP contribution >= 0.6 is 11.6 Å². The molecule has 2 aromatic carbocycles. The first-order chi connectivity index (χ1) is 15.5. The molecule has 8 nitrogen and oxygen atoms in total. The summed E-state index contributed by atoms with van der Waals surface area (Å²) < 4.78 is 8.93. The van der Waals surface area contributed by atoms with Crippen molar-refractivity contribution in [3.63, 3.8) is 0 Å². The minimum absolute atomic E-state index is 0.197. The lowest BCUT2D eigenvalue weighted by molar-refractivity contribution is 0.101. The van der Waals surface area contributed by atoms with Gasteiger partial charge in [-0.2, -0.15) is 5.10 Å². The van der Waals surface area contributed by atoms with Crippen molar-refractivity contribution >= 4 is 23.5 Å². The van der Waals surface area contributed by atoms with Crippen LogP contribution in [-0.2, 0) is 13.3 Å². The summed E-state index contributed by atoms with van der Waals surface area (Å²) in [5.74, 6) is 1.02. The van der Waals surface area contributed by atoms with Crippen LogP contribution < -0.4 is 10.1 Å². The van der Waals surface area contributed by atoms with E-state index in [9.17, 15) is 4.79 Å². The highest BCUT2D eigenvalue weighted by Crippen LogP contribution is 2.19. The number of carbonyl (C=O) groups excluding carboxylic acids is 1. The molecule has 0 spiro atoms. The van der Waals surface area contributed by atoms with E-state index in [1.165, 1.54) is 5.56 Å². The first-order valence-electron chi connectivity index (χ1n) is 10.2. The van der Waals surface area contributed by atoms with Crippen LogP contribution in [0.15, 0.2) is 67.1 Å². The summed E-state index contributed by atoms with van der Waals surface area (Å²) in [5, 5.41) is 11.9. The van der Waals surface area contributed by atoms with Gasteiger partial charge in [0.15, 0.2) is 12.4 Å². The van der Waals surface area contributed by atoms with E-state index >= 15 is 0 Å². The van der Waals surface area contributed by atoms with Crippen molar-refractivity contribution < 1.29 is 9.53 Å². The summed E-state index contributed by atoms with van der Waals surface area (Å²) in [6.45, 7) is 5.00. The molecular weight excluding hydrogens is 428 g/mol. The normalized spacial score (nSPS) is 11.0. The Hall–Kier alpha value is -3.65. The van der Waals surface area contributed by atoms with Gasteiger partial charge in [0.25, 0.3) is 5.91 Å². The number of nitrogens with zero attached hydrogens (tertiary/aromatic N) is 5. The number of anilines is 1. The van der Waals surface area contributed by atoms with Gasteiger partial charge in [-0.1, -0.05) is 49.7 Å². The van der Waals surface area contributed by atoms with Gasteiger partial charge in [-0.25, -0.2) is 14.3 Å². The van der Waals surface area contributed by atoms with Crippen LogP contribution in [0.1, 0.15) is 41.4 Å². The van der Waals surface area contributed by atoms with E-state index in [1.807, 2.05) is 48.5 Å². The van der Waals surface area contributed by atoms with Crippen molar-refractivity contribution in [3.8, 4) is 5.75 Å². The molecule has 0 saturated carbocycles. The average molecular weight is 451 g/mol. The van der Waals surface area contributed by atoms with E-state index < -0.39 is 5.91 Å². The van der Waals surface area contributed by atoms with Gasteiger partial charge in [0.2, 0.25) is 5.95 Å². The molecule has 0 unspecified atom stereocenters.